The Balaban J connectivity index is 1.36. The Morgan fingerprint density at radius 1 is 1.26 bits per heavy atom. The van der Waals surface area contributed by atoms with Crippen LogP contribution in [0.2, 0.25) is 5.02 Å². The number of hydrogen-bond acceptors (Lipinski definition) is 2. The molecular formula is C18H20ClN3O. The number of aromatic nitrogens is 2. The first-order chi connectivity index (χ1) is 11.2. The van der Waals surface area contributed by atoms with Crippen molar-refractivity contribution in [3.05, 3.63) is 41.7 Å². The number of hydrogen-bond donors (Lipinski definition) is 1. The fourth-order valence-electron chi connectivity index (χ4n) is 4.22. The Morgan fingerprint density at radius 2 is 2.09 bits per heavy atom. The molecule has 23 heavy (non-hydrogen) atoms. The molecule has 0 unspecified atom stereocenters. The van der Waals surface area contributed by atoms with E-state index in [0.29, 0.717) is 17.4 Å². The van der Waals surface area contributed by atoms with Gasteiger partial charge in [-0.25, -0.2) is 4.68 Å². The highest BCUT2D eigenvalue weighted by molar-refractivity contribution is 6.30. The van der Waals surface area contributed by atoms with Gasteiger partial charge >= 0.3 is 0 Å². The minimum absolute atomic E-state index is 0.137. The topological polar surface area (TPSA) is 46.9 Å². The fraction of sp³-hybridized carbons (Fsp3) is 0.444. The maximum Gasteiger partial charge on any atom is 0.224 e. The Bertz CT molecular complexity index is 709. The van der Waals surface area contributed by atoms with E-state index in [2.05, 4.69) is 10.4 Å². The van der Waals surface area contributed by atoms with E-state index < -0.39 is 0 Å². The van der Waals surface area contributed by atoms with Gasteiger partial charge in [-0.05, 0) is 61.3 Å². The molecule has 2 aliphatic carbocycles. The van der Waals surface area contributed by atoms with Crippen LogP contribution in [0, 0.1) is 17.8 Å². The molecule has 3 atom stereocenters. The number of amides is 1. The summed E-state index contributed by atoms with van der Waals surface area (Å²) in [6.45, 7) is 0. The van der Waals surface area contributed by atoms with Crippen LogP contribution in [0.15, 0.2) is 36.7 Å². The zero-order chi connectivity index (χ0) is 15.8. The third kappa shape index (κ3) is 3.13. The Labute approximate surface area is 140 Å². The highest BCUT2D eigenvalue weighted by Gasteiger charge is 2.40. The minimum atomic E-state index is 0.137. The SMILES string of the molecule is O=C(C[C@H]1C[C@H]2CC[C@H]1C2)Nc1ccc(-n2cc(Cl)cn2)cc1. The second kappa shape index (κ2) is 6.00. The number of anilines is 1. The van der Waals surface area contributed by atoms with Gasteiger partial charge in [0.15, 0.2) is 0 Å². The van der Waals surface area contributed by atoms with Crippen molar-refractivity contribution in [2.45, 2.75) is 32.1 Å². The van der Waals surface area contributed by atoms with Gasteiger partial charge in [-0.1, -0.05) is 18.0 Å². The normalized spacial score (nSPS) is 25.7. The number of carbonyl (C=O) groups is 1. The molecule has 0 radical (unpaired) electrons. The fourth-order valence-corrected chi connectivity index (χ4v) is 4.35. The first-order valence-electron chi connectivity index (χ1n) is 8.28. The molecule has 4 rings (SSSR count). The van der Waals surface area contributed by atoms with E-state index in [-0.39, 0.29) is 5.91 Å². The number of nitrogens with zero attached hydrogens (tertiary/aromatic N) is 2. The summed E-state index contributed by atoms with van der Waals surface area (Å²) in [5.41, 5.74) is 1.75. The predicted octanol–water partition coefficient (Wildman–Crippen LogP) is 4.29. The lowest BCUT2D eigenvalue weighted by Gasteiger charge is -2.20. The molecular weight excluding hydrogens is 310 g/mol. The average Bonchev–Trinajstić information content (AvgIpc) is 3.25. The van der Waals surface area contributed by atoms with E-state index in [1.165, 1.54) is 25.7 Å². The Kier molecular flexibility index (Phi) is 3.85. The van der Waals surface area contributed by atoms with E-state index in [1.807, 2.05) is 24.3 Å². The monoisotopic (exact) mass is 329 g/mol. The molecule has 2 aromatic rings. The average molecular weight is 330 g/mol. The summed E-state index contributed by atoms with van der Waals surface area (Å²) >= 11 is 5.88. The van der Waals surface area contributed by atoms with Crippen molar-refractivity contribution >= 4 is 23.2 Å². The van der Waals surface area contributed by atoms with E-state index in [4.69, 9.17) is 11.6 Å². The van der Waals surface area contributed by atoms with Crippen LogP contribution in [-0.4, -0.2) is 15.7 Å². The van der Waals surface area contributed by atoms with Crippen LogP contribution < -0.4 is 5.32 Å². The van der Waals surface area contributed by atoms with Crippen LogP contribution in [0.3, 0.4) is 0 Å². The molecule has 0 aliphatic heterocycles. The summed E-state index contributed by atoms with van der Waals surface area (Å²) in [6.07, 6.45) is 9.32. The second-order valence-corrected chi connectivity index (χ2v) is 7.27. The van der Waals surface area contributed by atoms with E-state index in [9.17, 15) is 4.79 Å². The molecule has 1 heterocycles. The van der Waals surface area contributed by atoms with Crippen molar-refractivity contribution in [1.29, 1.82) is 0 Å². The molecule has 2 saturated carbocycles. The number of benzene rings is 1. The number of rotatable bonds is 4. The Hall–Kier alpha value is -1.81. The van der Waals surface area contributed by atoms with E-state index in [1.54, 1.807) is 17.1 Å². The molecule has 5 heteroatoms. The van der Waals surface area contributed by atoms with Gasteiger partial charge < -0.3 is 5.32 Å². The molecule has 2 aliphatic rings. The Morgan fingerprint density at radius 3 is 2.70 bits per heavy atom. The van der Waals surface area contributed by atoms with Crippen molar-refractivity contribution in [3.8, 4) is 5.69 Å². The molecule has 120 valence electrons. The van der Waals surface area contributed by atoms with Crippen molar-refractivity contribution in [3.63, 3.8) is 0 Å². The third-order valence-electron chi connectivity index (χ3n) is 5.30. The number of halogens is 1. The van der Waals surface area contributed by atoms with Crippen molar-refractivity contribution < 1.29 is 4.79 Å². The zero-order valence-electron chi connectivity index (χ0n) is 12.9. The predicted molar refractivity (Wildman–Crippen MR) is 90.8 cm³/mol. The quantitative estimate of drug-likeness (QED) is 0.909. The summed E-state index contributed by atoms with van der Waals surface area (Å²) in [5, 5.41) is 7.79. The van der Waals surface area contributed by atoms with Gasteiger partial charge in [-0.15, -0.1) is 0 Å². The smallest absolute Gasteiger partial charge is 0.224 e. The minimum Gasteiger partial charge on any atom is -0.326 e. The second-order valence-electron chi connectivity index (χ2n) is 6.84. The van der Waals surface area contributed by atoms with Crippen LogP contribution in [0.4, 0.5) is 5.69 Å². The van der Waals surface area contributed by atoms with E-state index >= 15 is 0 Å². The van der Waals surface area contributed by atoms with Gasteiger partial charge in [0, 0.05) is 18.3 Å². The van der Waals surface area contributed by atoms with Gasteiger partial charge in [0.1, 0.15) is 0 Å². The lowest BCUT2D eigenvalue weighted by Crippen LogP contribution is -2.20. The molecule has 1 aromatic carbocycles. The van der Waals surface area contributed by atoms with Crippen LogP contribution in [-0.2, 0) is 4.79 Å². The van der Waals surface area contributed by atoms with Crippen LogP contribution in [0.5, 0.6) is 0 Å². The largest absolute Gasteiger partial charge is 0.326 e. The van der Waals surface area contributed by atoms with Gasteiger partial charge in [0.05, 0.1) is 16.9 Å². The standard InChI is InChI=1S/C18H20ClN3O/c19-15-10-20-22(11-15)17-5-3-16(4-6-17)21-18(23)9-14-8-12-1-2-13(14)7-12/h3-6,10-14H,1-2,7-9H2,(H,21,23)/t12-,13-,14+/m0/s1. The summed E-state index contributed by atoms with van der Waals surface area (Å²) in [7, 11) is 0. The maximum absolute atomic E-state index is 12.3. The highest BCUT2D eigenvalue weighted by atomic mass is 35.5. The summed E-state index contributed by atoms with van der Waals surface area (Å²) in [5.74, 6) is 2.41. The molecule has 4 nitrogen and oxygen atoms in total. The van der Waals surface area contributed by atoms with Gasteiger partial charge in [-0.3, -0.25) is 4.79 Å². The highest BCUT2D eigenvalue weighted by Crippen LogP contribution is 2.49. The summed E-state index contributed by atoms with van der Waals surface area (Å²) in [4.78, 5) is 12.3. The van der Waals surface area contributed by atoms with Gasteiger partial charge in [0.2, 0.25) is 5.91 Å². The summed E-state index contributed by atoms with van der Waals surface area (Å²) in [6, 6.07) is 7.67. The van der Waals surface area contributed by atoms with E-state index in [0.717, 1.165) is 23.2 Å². The number of nitrogens with one attached hydrogen (secondary N) is 1. The summed E-state index contributed by atoms with van der Waals surface area (Å²) < 4.78 is 1.71. The number of fused-ring (bicyclic) bond motifs is 2. The first-order valence-corrected chi connectivity index (χ1v) is 8.65. The van der Waals surface area contributed by atoms with Gasteiger partial charge in [-0.2, -0.15) is 5.10 Å². The first kappa shape index (κ1) is 14.8. The van der Waals surface area contributed by atoms with Crippen molar-refractivity contribution in [1.82, 2.24) is 9.78 Å². The molecule has 1 N–H and O–H groups in total. The van der Waals surface area contributed by atoms with Gasteiger partial charge in [0.25, 0.3) is 0 Å². The molecule has 2 bridgehead atoms. The van der Waals surface area contributed by atoms with Crippen LogP contribution in [0.1, 0.15) is 32.1 Å². The molecule has 0 spiro atoms. The number of carbonyl (C=O) groups excluding carboxylic acids is 1. The third-order valence-corrected chi connectivity index (χ3v) is 5.49. The zero-order valence-corrected chi connectivity index (χ0v) is 13.7. The van der Waals surface area contributed by atoms with Crippen LogP contribution >= 0.6 is 11.6 Å². The molecule has 1 aromatic heterocycles. The lowest BCUT2D eigenvalue weighted by atomic mass is 9.86. The molecule has 0 saturated heterocycles. The maximum atomic E-state index is 12.3. The van der Waals surface area contributed by atoms with Crippen molar-refractivity contribution in [2.75, 3.05) is 5.32 Å². The van der Waals surface area contributed by atoms with Crippen LogP contribution in [0.25, 0.3) is 5.69 Å². The van der Waals surface area contributed by atoms with Crippen molar-refractivity contribution in [2.24, 2.45) is 17.8 Å². The molecule has 1 amide bonds. The molecule has 2 fully saturated rings. The lowest BCUT2D eigenvalue weighted by molar-refractivity contribution is -0.117.